The van der Waals surface area contributed by atoms with Gasteiger partial charge in [-0.05, 0) is 70.6 Å². The van der Waals surface area contributed by atoms with Crippen LogP contribution in [0.3, 0.4) is 0 Å². The summed E-state index contributed by atoms with van der Waals surface area (Å²) in [6.45, 7) is 4.13. The summed E-state index contributed by atoms with van der Waals surface area (Å²) in [5.41, 5.74) is 0. The average molecular weight is 880 g/mol. The van der Waals surface area contributed by atoms with Gasteiger partial charge in [0.25, 0.3) is 7.82 Å². The smallest absolute Gasteiger partial charge is 0.306 e. The molecule has 1 saturated heterocycles. The third-order valence-corrected chi connectivity index (χ3v) is 11.7. The Kier molecular flexibility index (Phi) is 35.8. The third kappa shape index (κ3) is 39.3. The van der Waals surface area contributed by atoms with E-state index in [1.54, 1.807) is 0 Å². The first-order chi connectivity index (χ1) is 29.5. The van der Waals surface area contributed by atoms with Crippen molar-refractivity contribution in [3.63, 3.8) is 0 Å². The van der Waals surface area contributed by atoms with Gasteiger partial charge >= 0.3 is 11.9 Å². The first kappa shape index (κ1) is 56.9. The first-order valence-electron chi connectivity index (χ1n) is 24.5. The third-order valence-electron chi connectivity index (χ3n) is 10.7. The Bertz CT molecular complexity index is 1240. The molecular formula is C50H90NO9P. The van der Waals surface area contributed by atoms with Gasteiger partial charge in [0.15, 0.2) is 6.10 Å². The lowest BCUT2D eigenvalue weighted by Gasteiger charge is -2.28. The highest BCUT2D eigenvalue weighted by atomic mass is 31.2. The zero-order chi connectivity index (χ0) is 44.7. The molecule has 0 spiro atoms. The van der Waals surface area contributed by atoms with Gasteiger partial charge in [-0.1, -0.05) is 159 Å². The van der Waals surface area contributed by atoms with Gasteiger partial charge in [0, 0.05) is 12.8 Å². The zero-order valence-corrected chi connectivity index (χ0v) is 40.4. The van der Waals surface area contributed by atoms with Crippen LogP contribution in [-0.4, -0.2) is 82.2 Å². The number of hydrogen-bond acceptors (Lipinski definition) is 9. The SMILES string of the molecule is CCCCCCCC/C=C\CCCCCCCCCCCC(=O)O[C@H](COC(=O)CCC/C=C\C/C=C\C/C=C\CC1OC1CCCCC)COP(=O)([O-])OCC[N+](C)(C)C. The molecule has 1 aliphatic heterocycles. The van der Waals surface area contributed by atoms with Gasteiger partial charge in [0.2, 0.25) is 0 Å². The van der Waals surface area contributed by atoms with E-state index in [-0.39, 0.29) is 26.1 Å². The fourth-order valence-electron chi connectivity index (χ4n) is 6.79. The van der Waals surface area contributed by atoms with Gasteiger partial charge in [0.05, 0.1) is 40.0 Å². The maximum absolute atomic E-state index is 12.7. The van der Waals surface area contributed by atoms with Crippen molar-refractivity contribution in [3.8, 4) is 0 Å². The minimum atomic E-state index is -4.64. The van der Waals surface area contributed by atoms with E-state index in [0.29, 0.717) is 36.1 Å². The Morgan fingerprint density at radius 1 is 0.607 bits per heavy atom. The number of quaternary nitrogens is 1. The maximum Gasteiger partial charge on any atom is 0.306 e. The molecule has 0 N–H and O–H groups in total. The van der Waals surface area contributed by atoms with Crippen LogP contribution >= 0.6 is 7.82 Å². The van der Waals surface area contributed by atoms with Crippen LogP contribution in [0.2, 0.25) is 0 Å². The average Bonchev–Trinajstić information content (AvgIpc) is 3.97. The molecule has 1 rings (SSSR count). The summed E-state index contributed by atoms with van der Waals surface area (Å²) < 4.78 is 39.7. The highest BCUT2D eigenvalue weighted by Crippen LogP contribution is 2.38. The molecule has 1 fully saturated rings. The second-order valence-corrected chi connectivity index (χ2v) is 19.3. The predicted octanol–water partition coefficient (Wildman–Crippen LogP) is 12.6. The van der Waals surface area contributed by atoms with Crippen LogP contribution in [0.15, 0.2) is 48.6 Å². The summed E-state index contributed by atoms with van der Waals surface area (Å²) in [5, 5.41) is 0. The molecule has 0 aromatic rings. The Balaban J connectivity index is 2.27. The molecule has 3 unspecified atom stereocenters. The molecule has 1 heterocycles. The molecular weight excluding hydrogens is 790 g/mol. The zero-order valence-electron chi connectivity index (χ0n) is 39.5. The van der Waals surface area contributed by atoms with Crippen LogP contribution in [0.4, 0.5) is 0 Å². The molecule has 4 atom stereocenters. The van der Waals surface area contributed by atoms with Crippen molar-refractivity contribution < 1.29 is 46.8 Å². The number of epoxide rings is 1. The van der Waals surface area contributed by atoms with Gasteiger partial charge in [-0.15, -0.1) is 0 Å². The van der Waals surface area contributed by atoms with E-state index >= 15 is 0 Å². The number of esters is 2. The number of carbonyl (C=O) groups excluding carboxylic acids is 2. The number of hydrogen-bond donors (Lipinski definition) is 0. The molecule has 10 nitrogen and oxygen atoms in total. The molecule has 0 aromatic heterocycles. The first-order valence-corrected chi connectivity index (χ1v) is 25.9. The number of carbonyl (C=O) groups is 2. The summed E-state index contributed by atoms with van der Waals surface area (Å²) in [6, 6.07) is 0. The van der Waals surface area contributed by atoms with Crippen molar-refractivity contribution in [1.29, 1.82) is 0 Å². The standard InChI is InChI=1S/C50H90NO9P/c1-6-8-10-11-12-13-14-15-16-17-18-19-20-21-22-27-30-33-37-41-50(53)59-46(45-58-61(54,55)57-43-42-51(3,4)5)44-56-49(52)40-36-32-29-26-24-23-25-28-31-35-39-48-47(60-48)38-34-9-7-2/h15-16,23,25-26,29,31,35,46-48H,6-14,17-22,24,27-28,30,32-34,36-45H2,1-5H3/b16-15-,25-23-,29-26-,35-31-/t46-,47?,48?/m1/s1. The number of allylic oxidation sites excluding steroid dienone is 7. The monoisotopic (exact) mass is 880 g/mol. The van der Waals surface area contributed by atoms with E-state index in [2.05, 4.69) is 62.5 Å². The second-order valence-electron chi connectivity index (χ2n) is 17.9. The quantitative estimate of drug-likeness (QED) is 0.0147. The summed E-state index contributed by atoms with van der Waals surface area (Å²) in [4.78, 5) is 37.6. The number of rotatable bonds is 43. The van der Waals surface area contributed by atoms with Crippen molar-refractivity contribution in [1.82, 2.24) is 0 Å². The topological polar surface area (TPSA) is 124 Å². The van der Waals surface area contributed by atoms with Crippen LogP contribution < -0.4 is 4.89 Å². The number of unbranched alkanes of at least 4 members (excludes halogenated alkanes) is 18. The summed E-state index contributed by atoms with van der Waals surface area (Å²) in [7, 11) is 1.13. The Morgan fingerprint density at radius 3 is 1.74 bits per heavy atom. The Morgan fingerprint density at radius 2 is 1.11 bits per heavy atom. The van der Waals surface area contributed by atoms with Gasteiger partial charge < -0.3 is 32.6 Å². The number of ether oxygens (including phenoxy) is 3. The van der Waals surface area contributed by atoms with Crippen molar-refractivity contribution in [3.05, 3.63) is 48.6 Å². The van der Waals surface area contributed by atoms with Gasteiger partial charge in [0.1, 0.15) is 19.8 Å². The lowest BCUT2D eigenvalue weighted by molar-refractivity contribution is -0.870. The Labute approximate surface area is 373 Å². The molecule has 0 radical (unpaired) electrons. The lowest BCUT2D eigenvalue weighted by atomic mass is 10.1. The van der Waals surface area contributed by atoms with Crippen molar-refractivity contribution in [2.75, 3.05) is 47.5 Å². The molecule has 0 aromatic carbocycles. The number of nitrogens with zero attached hydrogens (tertiary/aromatic N) is 1. The van der Waals surface area contributed by atoms with E-state index in [0.717, 1.165) is 44.9 Å². The molecule has 0 saturated carbocycles. The van der Waals surface area contributed by atoms with Crippen molar-refractivity contribution in [2.24, 2.45) is 0 Å². The fourth-order valence-corrected chi connectivity index (χ4v) is 7.52. The number of phosphoric acid groups is 1. The van der Waals surface area contributed by atoms with Gasteiger partial charge in [-0.25, -0.2) is 0 Å². The van der Waals surface area contributed by atoms with E-state index in [1.165, 1.54) is 109 Å². The Hall–Kier alpha value is -2.07. The van der Waals surface area contributed by atoms with E-state index in [1.807, 2.05) is 21.1 Å². The van der Waals surface area contributed by atoms with Crippen LogP contribution in [-0.2, 0) is 37.4 Å². The highest BCUT2D eigenvalue weighted by molar-refractivity contribution is 7.45. The van der Waals surface area contributed by atoms with Gasteiger partial charge in [-0.3, -0.25) is 14.2 Å². The van der Waals surface area contributed by atoms with Crippen molar-refractivity contribution in [2.45, 2.75) is 212 Å². The van der Waals surface area contributed by atoms with Gasteiger partial charge in [-0.2, -0.15) is 0 Å². The summed E-state index contributed by atoms with van der Waals surface area (Å²) >= 11 is 0. The highest BCUT2D eigenvalue weighted by Gasteiger charge is 2.36. The summed E-state index contributed by atoms with van der Waals surface area (Å²) in [6.07, 6.45) is 47.5. The van der Waals surface area contributed by atoms with Crippen LogP contribution in [0.25, 0.3) is 0 Å². The minimum Gasteiger partial charge on any atom is -0.756 e. The largest absolute Gasteiger partial charge is 0.756 e. The molecule has 0 bridgehead atoms. The number of phosphoric ester groups is 1. The van der Waals surface area contributed by atoms with Crippen LogP contribution in [0.5, 0.6) is 0 Å². The normalized spacial score (nSPS) is 17.2. The summed E-state index contributed by atoms with van der Waals surface area (Å²) in [5.74, 6) is -0.906. The van der Waals surface area contributed by atoms with Crippen molar-refractivity contribution >= 4 is 19.8 Å². The second kappa shape index (κ2) is 38.4. The van der Waals surface area contributed by atoms with E-state index in [4.69, 9.17) is 23.3 Å². The molecule has 354 valence electrons. The molecule has 1 aliphatic rings. The van der Waals surface area contributed by atoms with Crippen LogP contribution in [0.1, 0.15) is 194 Å². The van der Waals surface area contributed by atoms with E-state index in [9.17, 15) is 19.0 Å². The molecule has 0 aliphatic carbocycles. The predicted molar refractivity (Wildman–Crippen MR) is 249 cm³/mol. The molecule has 0 amide bonds. The number of likely N-dealkylation sites (N-methyl/N-ethyl adjacent to an activating group) is 1. The minimum absolute atomic E-state index is 0.0427. The maximum atomic E-state index is 12.7. The molecule has 11 heteroatoms. The lowest BCUT2D eigenvalue weighted by Crippen LogP contribution is -2.37. The molecule has 61 heavy (non-hydrogen) atoms. The fraction of sp³-hybridized carbons (Fsp3) is 0.800. The van der Waals surface area contributed by atoms with Crippen LogP contribution in [0, 0.1) is 0 Å². The van der Waals surface area contributed by atoms with E-state index < -0.39 is 32.5 Å².